The highest BCUT2D eigenvalue weighted by molar-refractivity contribution is 7.99. The second kappa shape index (κ2) is 8.38. The third-order valence-electron chi connectivity index (χ3n) is 1.95. The molecule has 5 nitrogen and oxygen atoms in total. The highest BCUT2D eigenvalue weighted by Crippen LogP contribution is 2.28. The topological polar surface area (TPSA) is 67.3 Å². The van der Waals surface area contributed by atoms with Crippen LogP contribution < -0.4 is 10.1 Å². The van der Waals surface area contributed by atoms with Crippen molar-refractivity contribution in [2.24, 2.45) is 0 Å². The van der Waals surface area contributed by atoms with E-state index in [1.807, 2.05) is 0 Å². The molecular formula is C10H16ClN3O2S. The SMILES string of the molecule is COc1c(Cl)ncnc1NCCSCCCO. The Labute approximate surface area is 110 Å². The molecular weight excluding hydrogens is 262 g/mol. The molecule has 0 saturated carbocycles. The Morgan fingerprint density at radius 1 is 1.47 bits per heavy atom. The molecule has 2 N–H and O–H groups in total. The normalized spacial score (nSPS) is 10.3. The van der Waals surface area contributed by atoms with Crippen LogP contribution in [0, 0.1) is 0 Å². The van der Waals surface area contributed by atoms with Gasteiger partial charge in [-0.05, 0) is 12.2 Å². The summed E-state index contributed by atoms with van der Waals surface area (Å²) in [4.78, 5) is 7.90. The molecule has 0 unspecified atom stereocenters. The maximum Gasteiger partial charge on any atom is 0.198 e. The lowest BCUT2D eigenvalue weighted by molar-refractivity contribution is 0.296. The third-order valence-corrected chi connectivity index (χ3v) is 3.29. The van der Waals surface area contributed by atoms with E-state index < -0.39 is 0 Å². The summed E-state index contributed by atoms with van der Waals surface area (Å²) in [5.41, 5.74) is 0. The van der Waals surface area contributed by atoms with Gasteiger partial charge in [0, 0.05) is 18.9 Å². The Hall–Kier alpha value is -0.720. The van der Waals surface area contributed by atoms with Crippen molar-refractivity contribution in [2.45, 2.75) is 6.42 Å². The minimum absolute atomic E-state index is 0.246. The van der Waals surface area contributed by atoms with Crippen molar-refractivity contribution < 1.29 is 9.84 Å². The average molecular weight is 278 g/mol. The van der Waals surface area contributed by atoms with E-state index in [1.165, 1.54) is 13.4 Å². The molecule has 0 aliphatic heterocycles. The van der Waals surface area contributed by atoms with Crippen LogP contribution in [0.25, 0.3) is 0 Å². The van der Waals surface area contributed by atoms with Crippen LogP contribution in [0.2, 0.25) is 5.15 Å². The standard InChI is InChI=1S/C10H16ClN3O2S/c1-16-8-9(11)13-7-14-10(8)12-3-6-17-5-2-4-15/h7,15H,2-6H2,1H3,(H,12,13,14). The molecule has 1 aromatic heterocycles. The Balaban J connectivity index is 2.33. The van der Waals surface area contributed by atoms with Gasteiger partial charge in [0.2, 0.25) is 0 Å². The highest BCUT2D eigenvalue weighted by Gasteiger charge is 2.08. The van der Waals surface area contributed by atoms with Crippen LogP contribution >= 0.6 is 23.4 Å². The molecule has 0 atom stereocenters. The number of halogens is 1. The molecule has 0 aliphatic rings. The van der Waals surface area contributed by atoms with Crippen molar-refractivity contribution in [3.05, 3.63) is 11.5 Å². The highest BCUT2D eigenvalue weighted by atomic mass is 35.5. The van der Waals surface area contributed by atoms with Crippen molar-refractivity contribution in [1.82, 2.24) is 9.97 Å². The molecule has 0 spiro atoms. The molecule has 1 aromatic rings. The molecule has 1 heterocycles. The summed E-state index contributed by atoms with van der Waals surface area (Å²) in [5, 5.41) is 12.1. The van der Waals surface area contributed by atoms with E-state index in [1.54, 1.807) is 11.8 Å². The van der Waals surface area contributed by atoms with E-state index in [-0.39, 0.29) is 6.61 Å². The number of aliphatic hydroxyl groups is 1. The number of aliphatic hydroxyl groups excluding tert-OH is 1. The largest absolute Gasteiger partial charge is 0.490 e. The van der Waals surface area contributed by atoms with Crippen LogP contribution in [0.15, 0.2) is 6.33 Å². The van der Waals surface area contributed by atoms with Gasteiger partial charge >= 0.3 is 0 Å². The molecule has 7 heteroatoms. The van der Waals surface area contributed by atoms with Crippen molar-refractivity contribution in [3.63, 3.8) is 0 Å². The van der Waals surface area contributed by atoms with Gasteiger partial charge in [-0.15, -0.1) is 0 Å². The number of thioether (sulfide) groups is 1. The minimum Gasteiger partial charge on any atom is -0.490 e. The number of nitrogens with zero attached hydrogens (tertiary/aromatic N) is 2. The van der Waals surface area contributed by atoms with Crippen LogP contribution in [-0.2, 0) is 0 Å². The summed E-state index contributed by atoms with van der Waals surface area (Å²) in [5.74, 6) is 2.97. The molecule has 0 amide bonds. The van der Waals surface area contributed by atoms with E-state index in [0.29, 0.717) is 16.7 Å². The zero-order valence-electron chi connectivity index (χ0n) is 9.65. The van der Waals surface area contributed by atoms with Crippen molar-refractivity contribution in [1.29, 1.82) is 0 Å². The van der Waals surface area contributed by atoms with Crippen LogP contribution in [0.3, 0.4) is 0 Å². The first kappa shape index (κ1) is 14.3. The monoisotopic (exact) mass is 277 g/mol. The fourth-order valence-electron chi connectivity index (χ4n) is 1.17. The lowest BCUT2D eigenvalue weighted by Crippen LogP contribution is -2.08. The molecule has 0 aliphatic carbocycles. The predicted octanol–water partition coefficient (Wildman–Crippen LogP) is 1.67. The zero-order chi connectivity index (χ0) is 12.5. The maximum absolute atomic E-state index is 8.62. The number of nitrogens with one attached hydrogen (secondary N) is 1. The van der Waals surface area contributed by atoms with Crippen LogP contribution in [0.1, 0.15) is 6.42 Å². The first-order valence-electron chi connectivity index (χ1n) is 5.26. The predicted molar refractivity (Wildman–Crippen MR) is 71.1 cm³/mol. The minimum atomic E-state index is 0.246. The van der Waals surface area contributed by atoms with Gasteiger partial charge < -0.3 is 15.2 Å². The van der Waals surface area contributed by atoms with E-state index >= 15 is 0 Å². The first-order chi connectivity index (χ1) is 8.29. The molecule has 0 radical (unpaired) electrons. The van der Waals surface area contributed by atoms with E-state index in [4.69, 9.17) is 21.4 Å². The lowest BCUT2D eigenvalue weighted by atomic mass is 10.5. The number of hydrogen-bond acceptors (Lipinski definition) is 6. The molecule has 1 rings (SSSR count). The summed E-state index contributed by atoms with van der Waals surface area (Å²) in [6.45, 7) is 1.01. The van der Waals surface area contributed by atoms with Gasteiger partial charge in [0.15, 0.2) is 16.7 Å². The molecule has 0 saturated heterocycles. The maximum atomic E-state index is 8.62. The number of anilines is 1. The van der Waals surface area contributed by atoms with Gasteiger partial charge in [-0.25, -0.2) is 9.97 Å². The summed E-state index contributed by atoms with van der Waals surface area (Å²) in [7, 11) is 1.53. The number of rotatable bonds is 8. The molecule has 96 valence electrons. The average Bonchev–Trinajstić information content (AvgIpc) is 2.34. The molecule has 0 fully saturated rings. The summed E-state index contributed by atoms with van der Waals surface area (Å²) >= 11 is 7.64. The van der Waals surface area contributed by atoms with Gasteiger partial charge in [-0.1, -0.05) is 11.6 Å². The van der Waals surface area contributed by atoms with Crippen LogP contribution in [-0.4, -0.2) is 46.8 Å². The third kappa shape index (κ3) is 4.97. The Morgan fingerprint density at radius 3 is 3.00 bits per heavy atom. The fraction of sp³-hybridized carbons (Fsp3) is 0.600. The number of methoxy groups -OCH3 is 1. The Kier molecular flexibility index (Phi) is 7.07. The quantitative estimate of drug-likeness (QED) is 0.556. The first-order valence-corrected chi connectivity index (χ1v) is 6.79. The van der Waals surface area contributed by atoms with Crippen LogP contribution in [0.4, 0.5) is 5.82 Å². The van der Waals surface area contributed by atoms with Crippen molar-refractivity contribution in [3.8, 4) is 5.75 Å². The number of hydrogen-bond donors (Lipinski definition) is 2. The van der Waals surface area contributed by atoms with Gasteiger partial charge in [0.05, 0.1) is 7.11 Å². The van der Waals surface area contributed by atoms with Crippen LogP contribution in [0.5, 0.6) is 5.75 Å². The van der Waals surface area contributed by atoms with Crippen molar-refractivity contribution in [2.75, 3.05) is 37.1 Å². The molecule has 17 heavy (non-hydrogen) atoms. The smallest absolute Gasteiger partial charge is 0.198 e. The Bertz CT molecular complexity index is 341. The lowest BCUT2D eigenvalue weighted by Gasteiger charge is -2.10. The summed E-state index contributed by atoms with van der Waals surface area (Å²) < 4.78 is 5.11. The fourth-order valence-corrected chi connectivity index (χ4v) is 2.16. The van der Waals surface area contributed by atoms with E-state index in [9.17, 15) is 0 Å². The number of ether oxygens (including phenoxy) is 1. The summed E-state index contributed by atoms with van der Waals surface area (Å²) in [6.07, 6.45) is 2.22. The molecule has 0 bridgehead atoms. The van der Waals surface area contributed by atoms with E-state index in [2.05, 4.69) is 15.3 Å². The van der Waals surface area contributed by atoms with Crippen molar-refractivity contribution >= 4 is 29.2 Å². The second-order valence-corrected chi connectivity index (χ2v) is 4.75. The van der Waals surface area contributed by atoms with Gasteiger partial charge in [-0.3, -0.25) is 0 Å². The number of aromatic nitrogens is 2. The van der Waals surface area contributed by atoms with Gasteiger partial charge in [0.1, 0.15) is 6.33 Å². The van der Waals surface area contributed by atoms with E-state index in [0.717, 1.165) is 24.5 Å². The van der Waals surface area contributed by atoms with Gasteiger partial charge in [-0.2, -0.15) is 11.8 Å². The Morgan fingerprint density at radius 2 is 2.29 bits per heavy atom. The van der Waals surface area contributed by atoms with Gasteiger partial charge in [0.25, 0.3) is 0 Å². The second-order valence-electron chi connectivity index (χ2n) is 3.16. The molecule has 0 aromatic carbocycles. The summed E-state index contributed by atoms with van der Waals surface area (Å²) in [6, 6.07) is 0. The zero-order valence-corrected chi connectivity index (χ0v) is 11.2.